The van der Waals surface area contributed by atoms with E-state index in [0.29, 0.717) is 0 Å². The summed E-state index contributed by atoms with van der Waals surface area (Å²) in [5.41, 5.74) is 0. The predicted molar refractivity (Wildman–Crippen MR) is 21.5 cm³/mol. The molecule has 0 aromatic rings. The molecule has 8 heavy (non-hydrogen) atoms. The maximum Gasteiger partial charge on any atom is 0.431 e. The topological polar surface area (TPSA) is 0 Å². The zero-order valence-electron chi connectivity index (χ0n) is 3.08. The third kappa shape index (κ3) is 3500. The van der Waals surface area contributed by atoms with Crippen molar-refractivity contribution in [1.29, 1.82) is 0 Å². The zero-order chi connectivity index (χ0) is 6.41. The molecule has 0 atom stereocenters. The molecule has 0 fully saturated rings. The van der Waals surface area contributed by atoms with Gasteiger partial charge >= 0.3 is 10.6 Å². The van der Waals surface area contributed by atoms with Gasteiger partial charge in [-0.15, -0.1) is 12.4 Å². The van der Waals surface area contributed by atoms with Gasteiger partial charge in [0, 0.05) is 0 Å². The summed E-state index contributed by atoms with van der Waals surface area (Å²) in [4.78, 5) is 0. The molecular formula is HClF6S. The van der Waals surface area contributed by atoms with E-state index in [1.54, 1.807) is 0 Å². The molecule has 0 bridgehead atoms. The summed E-state index contributed by atoms with van der Waals surface area (Å²) in [6, 6.07) is 0. The van der Waals surface area contributed by atoms with Gasteiger partial charge in [0.2, 0.25) is 0 Å². The Kier molecular flexibility index (Phi) is 1.67. The first kappa shape index (κ1) is 11.1. The summed E-state index contributed by atoms with van der Waals surface area (Å²) in [7, 11) is -10.5. The summed E-state index contributed by atoms with van der Waals surface area (Å²) in [5, 5.41) is 0. The lowest BCUT2D eigenvalue weighted by molar-refractivity contribution is 0.291. The molecule has 0 aliphatic carbocycles. The first-order valence-corrected chi connectivity index (χ1v) is 2.78. The standard InChI is InChI=1S/ClH.F6S/c;1-7(2,3,4,5)6/h1H;. The first-order chi connectivity index (χ1) is 2.45. The molecule has 0 nitrogen and oxygen atoms in total. The number of rotatable bonds is 0. The number of hydrogen-bond donors (Lipinski definition) is 0. The van der Waals surface area contributed by atoms with Crippen LogP contribution in [0.15, 0.2) is 0 Å². The predicted octanol–water partition coefficient (Wildman–Crippen LogP) is 3.59. The Bertz CT molecular complexity index is 67.1. The fourth-order valence-electron chi connectivity index (χ4n) is 0. The second-order valence-electron chi connectivity index (χ2n) is 0.875. The number of hydrogen-bond acceptors (Lipinski definition) is 0. The lowest BCUT2D eigenvalue weighted by Gasteiger charge is -2.28. The van der Waals surface area contributed by atoms with Crippen LogP contribution in [0.5, 0.6) is 0 Å². The molecule has 8 heteroatoms. The van der Waals surface area contributed by atoms with E-state index in [1.807, 2.05) is 0 Å². The highest BCUT2D eigenvalue weighted by Gasteiger charge is 2.64. The summed E-state index contributed by atoms with van der Waals surface area (Å²) < 4.78 is 59.1. The van der Waals surface area contributed by atoms with Crippen LogP contribution in [0.1, 0.15) is 0 Å². The van der Waals surface area contributed by atoms with Crippen molar-refractivity contribution in [2.75, 3.05) is 0 Å². The van der Waals surface area contributed by atoms with Crippen molar-refractivity contribution in [3.8, 4) is 0 Å². The van der Waals surface area contributed by atoms with Gasteiger partial charge in [-0.05, 0) is 0 Å². The fourth-order valence-corrected chi connectivity index (χ4v) is 0. The molecule has 0 saturated carbocycles. The molecule has 0 spiro atoms. The second-order valence-corrected chi connectivity index (χ2v) is 2.62. The minimum Gasteiger partial charge on any atom is -0.147 e. The minimum absolute atomic E-state index is 0. The quantitative estimate of drug-likeness (QED) is 0.502. The van der Waals surface area contributed by atoms with Crippen molar-refractivity contribution in [2.45, 2.75) is 0 Å². The van der Waals surface area contributed by atoms with Crippen LogP contribution >= 0.6 is 23.0 Å². The Morgan fingerprint density at radius 1 is 0.625 bits per heavy atom. The number of halogens is 7. The normalized spacial score (nSPS) is 20.2. The van der Waals surface area contributed by atoms with E-state index >= 15 is 0 Å². The van der Waals surface area contributed by atoms with Gasteiger partial charge in [-0.2, -0.15) is 0 Å². The average molecular weight is 183 g/mol. The van der Waals surface area contributed by atoms with Crippen LogP contribution in [0.3, 0.4) is 0 Å². The van der Waals surface area contributed by atoms with Gasteiger partial charge in [0.05, 0.1) is 0 Å². The van der Waals surface area contributed by atoms with E-state index in [-0.39, 0.29) is 12.4 Å². The second kappa shape index (κ2) is 1.21. The molecule has 0 heterocycles. The van der Waals surface area contributed by atoms with Crippen LogP contribution in [0.2, 0.25) is 0 Å². The Hall–Kier alpha value is 0.220. The van der Waals surface area contributed by atoms with Crippen molar-refractivity contribution in [1.82, 2.24) is 0 Å². The Labute approximate surface area is 47.3 Å². The summed E-state index contributed by atoms with van der Waals surface area (Å²) in [6.45, 7) is 0. The van der Waals surface area contributed by atoms with Gasteiger partial charge in [-0.3, -0.25) is 0 Å². The molecule has 0 radical (unpaired) electrons. The highest BCUT2D eigenvalue weighted by molar-refractivity contribution is 8.41. The highest BCUT2D eigenvalue weighted by Crippen LogP contribution is 2.99. The van der Waals surface area contributed by atoms with Crippen molar-refractivity contribution in [3.05, 3.63) is 0 Å². The molecular weight excluding hydrogens is 182 g/mol. The van der Waals surface area contributed by atoms with Crippen LogP contribution in [0.25, 0.3) is 0 Å². The molecule has 0 amide bonds. The van der Waals surface area contributed by atoms with E-state index < -0.39 is 10.6 Å². The van der Waals surface area contributed by atoms with E-state index in [2.05, 4.69) is 0 Å². The maximum atomic E-state index is 9.85. The zero-order valence-corrected chi connectivity index (χ0v) is 4.72. The van der Waals surface area contributed by atoms with Gasteiger partial charge in [0.1, 0.15) is 0 Å². The molecule has 0 aromatic heterocycles. The Balaban J connectivity index is 0. The van der Waals surface area contributed by atoms with Crippen molar-refractivity contribution in [3.63, 3.8) is 0 Å². The Morgan fingerprint density at radius 2 is 0.625 bits per heavy atom. The van der Waals surface area contributed by atoms with E-state index in [0.717, 1.165) is 0 Å². The molecule has 0 N–H and O–H groups in total. The molecule has 0 saturated heterocycles. The molecule has 0 rings (SSSR count). The third-order valence-corrected chi connectivity index (χ3v) is 0. The molecule has 0 unspecified atom stereocenters. The molecule has 0 aromatic carbocycles. The third-order valence-electron chi connectivity index (χ3n) is 0. The van der Waals surface area contributed by atoms with Gasteiger partial charge in [-0.1, -0.05) is 23.3 Å². The van der Waals surface area contributed by atoms with Crippen LogP contribution in [-0.4, -0.2) is 0 Å². The SMILES string of the molecule is Cl.FS(F)(F)(F)(F)F. The lowest BCUT2D eigenvalue weighted by Crippen LogP contribution is -1.92. The van der Waals surface area contributed by atoms with Gasteiger partial charge in [-0.25, -0.2) is 0 Å². The largest absolute Gasteiger partial charge is 0.431 e. The lowest BCUT2D eigenvalue weighted by atomic mass is 18.6. The fraction of sp³-hybridized carbons (Fsp3) is 0. The van der Waals surface area contributed by atoms with Crippen molar-refractivity contribution < 1.29 is 23.3 Å². The smallest absolute Gasteiger partial charge is 0.147 e. The van der Waals surface area contributed by atoms with E-state index in [1.165, 1.54) is 0 Å². The Morgan fingerprint density at radius 3 is 0.625 bits per heavy atom. The summed E-state index contributed by atoms with van der Waals surface area (Å²) >= 11 is 0. The summed E-state index contributed by atoms with van der Waals surface area (Å²) in [5.74, 6) is 0. The van der Waals surface area contributed by atoms with Crippen LogP contribution in [0.4, 0.5) is 23.3 Å². The minimum atomic E-state index is -10.5. The van der Waals surface area contributed by atoms with Gasteiger partial charge in [0.25, 0.3) is 0 Å². The van der Waals surface area contributed by atoms with Crippen LogP contribution < -0.4 is 0 Å². The van der Waals surface area contributed by atoms with Gasteiger partial charge < -0.3 is 0 Å². The monoisotopic (exact) mass is 182 g/mol. The molecule has 0 aliphatic rings. The van der Waals surface area contributed by atoms with E-state index in [4.69, 9.17) is 0 Å². The molecule has 56 valence electrons. The highest BCUT2D eigenvalue weighted by atomic mass is 35.5. The van der Waals surface area contributed by atoms with Gasteiger partial charge in [0.15, 0.2) is 0 Å². The molecule has 0 aliphatic heterocycles. The van der Waals surface area contributed by atoms with Crippen molar-refractivity contribution in [2.24, 2.45) is 0 Å². The average Bonchev–Trinajstić information content (AvgIpc) is 0.592. The maximum absolute atomic E-state index is 10.5. The van der Waals surface area contributed by atoms with Crippen molar-refractivity contribution >= 4 is 23.0 Å². The summed E-state index contributed by atoms with van der Waals surface area (Å²) in [6.07, 6.45) is 0. The van der Waals surface area contributed by atoms with E-state index in [9.17, 15) is 23.3 Å². The first-order valence-electron chi connectivity index (χ1n) is 0.926. The van der Waals surface area contributed by atoms with Crippen LogP contribution in [0, 0.1) is 0 Å². The van der Waals surface area contributed by atoms with Crippen LogP contribution in [-0.2, 0) is 0 Å².